The van der Waals surface area contributed by atoms with E-state index in [-0.39, 0.29) is 17.6 Å². The van der Waals surface area contributed by atoms with Crippen LogP contribution in [0, 0.1) is 11.3 Å². The number of aryl methyl sites for hydroxylation is 1. The molecule has 8 nitrogen and oxygen atoms in total. The van der Waals surface area contributed by atoms with E-state index in [1.54, 1.807) is 18.6 Å². The first-order chi connectivity index (χ1) is 15.5. The summed E-state index contributed by atoms with van der Waals surface area (Å²) in [7, 11) is 1.95. The van der Waals surface area contributed by atoms with Gasteiger partial charge in [-0.1, -0.05) is 29.5 Å². The molecule has 0 spiro atoms. The number of hydrogen-bond acceptors (Lipinski definition) is 7. The van der Waals surface area contributed by atoms with Crippen molar-refractivity contribution in [1.29, 1.82) is 5.26 Å². The number of benzene rings is 1. The predicted molar refractivity (Wildman–Crippen MR) is 122 cm³/mol. The quantitative estimate of drug-likeness (QED) is 0.453. The number of hydrogen-bond donors (Lipinski definition) is 1. The second-order valence-corrected chi connectivity index (χ2v) is 8.36. The van der Waals surface area contributed by atoms with Crippen LogP contribution in [0.4, 0.5) is 0 Å². The van der Waals surface area contributed by atoms with Crippen LogP contribution in [0.3, 0.4) is 0 Å². The number of rotatable bonds is 4. The van der Waals surface area contributed by atoms with E-state index in [1.807, 2.05) is 48.9 Å². The van der Waals surface area contributed by atoms with Crippen molar-refractivity contribution in [3.63, 3.8) is 0 Å². The first-order valence-corrected chi connectivity index (χ1v) is 10.7. The van der Waals surface area contributed by atoms with Crippen molar-refractivity contribution in [2.45, 2.75) is 13.0 Å². The Kier molecular flexibility index (Phi) is 4.84. The number of imidazole rings is 1. The van der Waals surface area contributed by atoms with Crippen molar-refractivity contribution in [2.75, 3.05) is 0 Å². The smallest absolute Gasteiger partial charge is 0.253 e. The highest BCUT2D eigenvalue weighted by Crippen LogP contribution is 2.33. The summed E-state index contributed by atoms with van der Waals surface area (Å²) in [5.74, 6) is -0.248. The van der Waals surface area contributed by atoms with Crippen LogP contribution in [0.2, 0.25) is 0 Å². The van der Waals surface area contributed by atoms with E-state index >= 15 is 0 Å². The Bertz CT molecular complexity index is 1510. The van der Waals surface area contributed by atoms with Gasteiger partial charge < -0.3 is 9.88 Å². The number of amides is 1. The fourth-order valence-corrected chi connectivity index (χ4v) is 4.44. The molecule has 156 valence electrons. The lowest BCUT2D eigenvalue weighted by atomic mass is 10.0. The molecule has 0 radical (unpaired) electrons. The minimum atomic E-state index is -0.248. The first kappa shape index (κ1) is 19.8. The average molecular weight is 440 g/mol. The second kappa shape index (κ2) is 7.83. The van der Waals surface area contributed by atoms with Crippen LogP contribution < -0.4 is 5.32 Å². The predicted octanol–water partition coefficient (Wildman–Crippen LogP) is 4.00. The van der Waals surface area contributed by atoms with Crippen LogP contribution in [0.1, 0.15) is 34.6 Å². The molecule has 5 aromatic rings. The molecule has 0 saturated carbocycles. The zero-order valence-electron chi connectivity index (χ0n) is 17.3. The zero-order chi connectivity index (χ0) is 22.2. The molecule has 4 heterocycles. The van der Waals surface area contributed by atoms with Gasteiger partial charge in [0.15, 0.2) is 0 Å². The fraction of sp³-hybridized carbons (Fsp3) is 0.130. The molecule has 5 rings (SSSR count). The van der Waals surface area contributed by atoms with E-state index in [0.29, 0.717) is 5.56 Å². The summed E-state index contributed by atoms with van der Waals surface area (Å²) in [4.78, 5) is 31.1. The SMILES string of the molecule is C[C@H](NC(=O)c1ccc(C#N)nc1)c1cccc(-c2nc3c(ncc4ncn(C)c43)s2)c1. The third-order valence-corrected chi connectivity index (χ3v) is 6.24. The van der Waals surface area contributed by atoms with Gasteiger partial charge >= 0.3 is 0 Å². The molecule has 0 unspecified atom stereocenters. The molecule has 0 aliphatic carbocycles. The highest BCUT2D eigenvalue weighted by molar-refractivity contribution is 7.21. The van der Waals surface area contributed by atoms with Gasteiger partial charge in [0, 0.05) is 18.8 Å². The highest BCUT2D eigenvalue weighted by atomic mass is 32.1. The Morgan fingerprint density at radius 1 is 1.19 bits per heavy atom. The fourth-order valence-electron chi connectivity index (χ4n) is 3.53. The highest BCUT2D eigenvalue weighted by Gasteiger charge is 2.16. The molecule has 0 aliphatic rings. The number of nitrogens with zero attached hydrogens (tertiary/aromatic N) is 6. The van der Waals surface area contributed by atoms with E-state index in [0.717, 1.165) is 37.5 Å². The molecule has 0 bridgehead atoms. The molecule has 0 aliphatic heterocycles. The molecule has 4 aromatic heterocycles. The Labute approximate surface area is 187 Å². The number of thiazole rings is 1. The maximum atomic E-state index is 12.6. The average Bonchev–Trinajstić information content (AvgIpc) is 3.42. The van der Waals surface area contributed by atoms with Crippen LogP contribution >= 0.6 is 11.3 Å². The maximum Gasteiger partial charge on any atom is 0.253 e. The number of nitriles is 1. The summed E-state index contributed by atoms with van der Waals surface area (Å²) in [5, 5.41) is 12.7. The van der Waals surface area contributed by atoms with Crippen LogP contribution in [0.25, 0.3) is 32.0 Å². The van der Waals surface area contributed by atoms with Crippen molar-refractivity contribution in [3.8, 4) is 16.6 Å². The lowest BCUT2D eigenvalue weighted by molar-refractivity contribution is 0.0939. The number of carbonyl (C=O) groups excluding carboxylic acids is 1. The van der Waals surface area contributed by atoms with Gasteiger partial charge in [-0.25, -0.2) is 19.9 Å². The number of nitrogens with one attached hydrogen (secondary N) is 1. The van der Waals surface area contributed by atoms with E-state index in [9.17, 15) is 4.79 Å². The van der Waals surface area contributed by atoms with Gasteiger partial charge in [-0.2, -0.15) is 5.26 Å². The molecule has 1 amide bonds. The van der Waals surface area contributed by atoms with Crippen molar-refractivity contribution < 1.29 is 4.79 Å². The summed E-state index contributed by atoms with van der Waals surface area (Å²) >= 11 is 1.53. The largest absolute Gasteiger partial charge is 0.345 e. The zero-order valence-corrected chi connectivity index (χ0v) is 18.1. The minimum Gasteiger partial charge on any atom is -0.345 e. The summed E-state index contributed by atoms with van der Waals surface area (Å²) in [6.45, 7) is 1.92. The van der Waals surface area contributed by atoms with Crippen molar-refractivity contribution in [1.82, 2.24) is 29.8 Å². The monoisotopic (exact) mass is 439 g/mol. The first-order valence-electron chi connectivity index (χ1n) is 9.87. The Morgan fingerprint density at radius 3 is 2.84 bits per heavy atom. The molecular formula is C23H17N7OS. The molecule has 9 heteroatoms. The minimum absolute atomic E-state index is 0.227. The Morgan fingerprint density at radius 2 is 2.06 bits per heavy atom. The van der Waals surface area contributed by atoms with E-state index in [1.165, 1.54) is 23.6 Å². The summed E-state index contributed by atoms with van der Waals surface area (Å²) in [6, 6.07) is 12.8. The van der Waals surface area contributed by atoms with Gasteiger partial charge in [0.05, 0.1) is 29.6 Å². The van der Waals surface area contributed by atoms with E-state index < -0.39 is 0 Å². The van der Waals surface area contributed by atoms with Crippen molar-refractivity contribution in [3.05, 3.63) is 71.9 Å². The van der Waals surface area contributed by atoms with Gasteiger partial charge in [0.1, 0.15) is 32.6 Å². The standard InChI is InChI=1S/C23H17N7OS/c1-13(28-21(31)16-6-7-17(9-24)25-10-16)14-4-3-5-15(8-14)22-29-19-20-18(27-12-30(20)2)11-26-23(19)32-22/h3-8,10-13H,1-2H3,(H,28,31)/t13-/m0/s1. The van der Waals surface area contributed by atoms with Gasteiger partial charge in [0.25, 0.3) is 5.91 Å². The molecule has 1 N–H and O–H groups in total. The topological polar surface area (TPSA) is 109 Å². The summed E-state index contributed by atoms with van der Waals surface area (Å²) in [6.07, 6.45) is 4.94. The van der Waals surface area contributed by atoms with Gasteiger partial charge in [-0.05, 0) is 30.7 Å². The van der Waals surface area contributed by atoms with Gasteiger partial charge in [-0.3, -0.25) is 4.79 Å². The third kappa shape index (κ3) is 3.46. The van der Waals surface area contributed by atoms with Crippen LogP contribution in [-0.4, -0.2) is 30.4 Å². The molecule has 0 saturated heterocycles. The third-order valence-electron chi connectivity index (χ3n) is 5.22. The molecule has 0 fully saturated rings. The Hall–Kier alpha value is -4.16. The Balaban J connectivity index is 1.42. The normalized spacial score (nSPS) is 12.0. The van der Waals surface area contributed by atoms with Crippen molar-refractivity contribution in [2.24, 2.45) is 7.05 Å². The van der Waals surface area contributed by atoms with Gasteiger partial charge in [-0.15, -0.1) is 0 Å². The molecule has 32 heavy (non-hydrogen) atoms. The van der Waals surface area contributed by atoms with E-state index in [2.05, 4.69) is 20.3 Å². The number of fused-ring (bicyclic) bond motifs is 3. The molecule has 1 aromatic carbocycles. The van der Waals surface area contributed by atoms with Crippen LogP contribution in [0.15, 0.2) is 55.1 Å². The number of carbonyl (C=O) groups is 1. The second-order valence-electron chi connectivity index (χ2n) is 7.38. The van der Waals surface area contributed by atoms with E-state index in [4.69, 9.17) is 10.2 Å². The molecule has 1 atom stereocenters. The maximum absolute atomic E-state index is 12.6. The van der Waals surface area contributed by atoms with Gasteiger partial charge in [0.2, 0.25) is 0 Å². The molecular weight excluding hydrogens is 422 g/mol. The summed E-state index contributed by atoms with van der Waals surface area (Å²) < 4.78 is 1.95. The lowest BCUT2D eigenvalue weighted by Crippen LogP contribution is -2.26. The van der Waals surface area contributed by atoms with Crippen LogP contribution in [0.5, 0.6) is 0 Å². The van der Waals surface area contributed by atoms with Crippen LogP contribution in [-0.2, 0) is 7.05 Å². The number of aromatic nitrogens is 5. The lowest BCUT2D eigenvalue weighted by Gasteiger charge is -2.15. The number of pyridine rings is 2. The van der Waals surface area contributed by atoms with Crippen molar-refractivity contribution >= 4 is 38.6 Å². The summed E-state index contributed by atoms with van der Waals surface area (Å²) in [5.41, 5.74) is 5.21.